The van der Waals surface area contributed by atoms with Gasteiger partial charge >= 0.3 is 5.97 Å². The minimum Gasteiger partial charge on any atom is -0.480 e. The zero-order valence-corrected chi connectivity index (χ0v) is 26.5. The van der Waals surface area contributed by atoms with Gasteiger partial charge in [-0.15, -0.1) is 0 Å². The summed E-state index contributed by atoms with van der Waals surface area (Å²) in [5.74, 6) is 0.394. The molecule has 0 radical (unpaired) electrons. The number of fused-ring (bicyclic) bond motifs is 3. The molecule has 4 atom stereocenters. The maximum absolute atomic E-state index is 12.7. The molecule has 3 fully saturated rings. The van der Waals surface area contributed by atoms with Gasteiger partial charge in [0.05, 0.1) is 11.0 Å². The van der Waals surface area contributed by atoms with Crippen LogP contribution in [0.25, 0.3) is 11.0 Å². The van der Waals surface area contributed by atoms with Crippen LogP contribution in [0.3, 0.4) is 0 Å². The molecule has 0 aliphatic carbocycles. The van der Waals surface area contributed by atoms with Crippen LogP contribution in [0.4, 0.5) is 0 Å². The lowest BCUT2D eigenvalue weighted by atomic mass is 9.70. The van der Waals surface area contributed by atoms with Crippen LogP contribution in [0.2, 0.25) is 0 Å². The third-order valence-corrected chi connectivity index (χ3v) is 11.5. The zero-order valence-electron chi connectivity index (χ0n) is 26.5. The molecule has 7 rings (SSSR count). The van der Waals surface area contributed by atoms with Crippen molar-refractivity contribution in [3.63, 3.8) is 0 Å². The van der Waals surface area contributed by atoms with Gasteiger partial charge in [0.1, 0.15) is 11.9 Å². The van der Waals surface area contributed by atoms with E-state index in [0.29, 0.717) is 18.1 Å². The third kappa shape index (κ3) is 5.16. The minimum atomic E-state index is -0.744. The van der Waals surface area contributed by atoms with E-state index >= 15 is 0 Å². The van der Waals surface area contributed by atoms with E-state index in [2.05, 4.69) is 95.8 Å². The van der Waals surface area contributed by atoms with Crippen LogP contribution in [0.15, 0.2) is 72.8 Å². The second-order valence-corrected chi connectivity index (χ2v) is 13.7. The average molecular weight is 591 g/mol. The summed E-state index contributed by atoms with van der Waals surface area (Å²) in [6, 6.07) is 26.9. The molecule has 3 aliphatic heterocycles. The first-order chi connectivity index (χ1) is 21.3. The number of hydrogen-bond acceptors (Lipinski definition) is 4. The topological polar surface area (TPSA) is 61.6 Å². The number of aliphatic carboxylic acids is 1. The van der Waals surface area contributed by atoms with Crippen LogP contribution < -0.4 is 0 Å². The van der Waals surface area contributed by atoms with Gasteiger partial charge in [0.2, 0.25) is 0 Å². The van der Waals surface area contributed by atoms with E-state index in [0.717, 1.165) is 66.9 Å². The van der Waals surface area contributed by atoms with E-state index < -0.39 is 12.0 Å². The van der Waals surface area contributed by atoms with Crippen molar-refractivity contribution >= 4 is 17.0 Å². The Morgan fingerprint density at radius 1 is 0.886 bits per heavy atom. The van der Waals surface area contributed by atoms with E-state index in [-0.39, 0.29) is 5.41 Å². The molecule has 1 aromatic heterocycles. The molecule has 230 valence electrons. The number of carboxylic acid groups (broad SMARTS) is 1. The lowest BCUT2D eigenvalue weighted by Gasteiger charge is -2.46. The SMILES string of the molecule is Cc1cccc(C(C(=O)O)N2CCC(CCN3[C@@H]4CC[C@H]3CC(n3c(C)nc5ccccc53)C4)(c3ccccc3)CC2)c1C. The van der Waals surface area contributed by atoms with Crippen LogP contribution in [0, 0.1) is 20.8 Å². The van der Waals surface area contributed by atoms with Crippen LogP contribution in [0.1, 0.15) is 85.1 Å². The molecular weight excluding hydrogens is 544 g/mol. The number of rotatable bonds is 8. The number of nitrogens with zero attached hydrogens (tertiary/aromatic N) is 4. The summed E-state index contributed by atoms with van der Waals surface area (Å²) in [5, 5.41) is 10.4. The first-order valence-electron chi connectivity index (χ1n) is 16.6. The Balaban J connectivity index is 1.08. The lowest BCUT2D eigenvalue weighted by molar-refractivity contribution is -0.144. The Labute approximate surface area is 261 Å². The number of aryl methyl sites for hydroxylation is 2. The highest BCUT2D eigenvalue weighted by Crippen LogP contribution is 2.46. The second kappa shape index (κ2) is 11.8. The number of carboxylic acids is 1. The van der Waals surface area contributed by atoms with Crippen LogP contribution >= 0.6 is 0 Å². The summed E-state index contributed by atoms with van der Waals surface area (Å²) >= 11 is 0. The van der Waals surface area contributed by atoms with Gasteiger partial charge in [-0.25, -0.2) is 4.98 Å². The number of benzene rings is 3. The highest BCUT2D eigenvalue weighted by molar-refractivity contribution is 5.77. The maximum Gasteiger partial charge on any atom is 0.325 e. The Kier molecular flexibility index (Phi) is 7.84. The number of imidazole rings is 1. The molecule has 44 heavy (non-hydrogen) atoms. The van der Waals surface area contributed by atoms with Crippen molar-refractivity contribution in [3.8, 4) is 0 Å². The van der Waals surface area contributed by atoms with Gasteiger partial charge in [0.15, 0.2) is 0 Å². The molecule has 4 heterocycles. The van der Waals surface area contributed by atoms with Gasteiger partial charge in [-0.3, -0.25) is 14.6 Å². The van der Waals surface area contributed by atoms with Crippen LogP contribution in [0.5, 0.6) is 0 Å². The fraction of sp³-hybridized carbons (Fsp3) is 0.474. The molecule has 6 heteroatoms. The Hall–Kier alpha value is -3.48. The fourth-order valence-electron chi connectivity index (χ4n) is 9.03. The molecule has 3 aliphatic rings. The van der Waals surface area contributed by atoms with E-state index in [1.165, 1.54) is 36.8 Å². The van der Waals surface area contributed by atoms with E-state index in [1.807, 2.05) is 12.1 Å². The standard InChI is InChI=1S/C38H46N4O2/c1-26-10-9-13-33(27(26)2)36(37(43)44)40-21-18-38(19-22-40,29-11-5-4-6-12-29)20-23-41-30-16-17-31(41)25-32(24-30)42-28(3)39-34-14-7-8-15-35(34)42/h4-15,30-32,36H,16-25H2,1-3H3,(H,43,44)/t30-,31+,32?,36?. The highest BCUT2D eigenvalue weighted by atomic mass is 16.4. The number of likely N-dealkylation sites (tertiary alicyclic amines) is 1. The summed E-state index contributed by atoms with van der Waals surface area (Å²) in [6.45, 7) is 9.00. The fourth-order valence-corrected chi connectivity index (χ4v) is 9.03. The monoisotopic (exact) mass is 590 g/mol. The smallest absolute Gasteiger partial charge is 0.325 e. The molecular formula is C38H46N4O2. The highest BCUT2D eigenvalue weighted by Gasteiger charge is 2.45. The zero-order chi connectivity index (χ0) is 30.4. The summed E-state index contributed by atoms with van der Waals surface area (Å²) < 4.78 is 2.52. The van der Waals surface area contributed by atoms with Gasteiger partial charge in [-0.05, 0) is 112 Å². The number of aromatic nitrogens is 2. The van der Waals surface area contributed by atoms with Crippen LogP contribution in [-0.2, 0) is 10.2 Å². The molecule has 3 saturated heterocycles. The molecule has 2 unspecified atom stereocenters. The third-order valence-electron chi connectivity index (χ3n) is 11.5. The van der Waals surface area contributed by atoms with Crippen molar-refractivity contribution in [1.82, 2.24) is 19.4 Å². The Bertz CT molecular complexity index is 1620. The van der Waals surface area contributed by atoms with Crippen molar-refractivity contribution in [1.29, 1.82) is 0 Å². The van der Waals surface area contributed by atoms with E-state index in [9.17, 15) is 9.90 Å². The lowest BCUT2D eigenvalue weighted by Crippen LogP contribution is -2.49. The molecule has 0 spiro atoms. The predicted molar refractivity (Wildman–Crippen MR) is 176 cm³/mol. The summed E-state index contributed by atoms with van der Waals surface area (Å²) in [4.78, 5) is 22.6. The normalized spacial score (nSPS) is 24.5. The van der Waals surface area contributed by atoms with Gasteiger partial charge < -0.3 is 9.67 Å². The molecule has 3 aromatic carbocycles. The van der Waals surface area contributed by atoms with Gasteiger partial charge in [0, 0.05) is 31.2 Å². The van der Waals surface area contributed by atoms with Crippen molar-refractivity contribution in [2.45, 2.75) is 95.3 Å². The average Bonchev–Trinajstić information content (AvgIpc) is 3.49. The molecule has 4 aromatic rings. The van der Waals surface area contributed by atoms with Crippen LogP contribution in [-0.4, -0.2) is 62.1 Å². The summed E-state index contributed by atoms with van der Waals surface area (Å²) in [6.07, 6.45) is 8.05. The largest absolute Gasteiger partial charge is 0.480 e. The molecule has 1 N–H and O–H groups in total. The first kappa shape index (κ1) is 29.2. The number of piperidine rings is 2. The van der Waals surface area contributed by atoms with Crippen molar-refractivity contribution < 1.29 is 9.90 Å². The van der Waals surface area contributed by atoms with Gasteiger partial charge in [0.25, 0.3) is 0 Å². The van der Waals surface area contributed by atoms with Gasteiger partial charge in [-0.1, -0.05) is 60.7 Å². The molecule has 0 amide bonds. The summed E-state index contributed by atoms with van der Waals surface area (Å²) in [5.41, 5.74) is 7.05. The van der Waals surface area contributed by atoms with Crippen molar-refractivity contribution in [2.24, 2.45) is 0 Å². The van der Waals surface area contributed by atoms with E-state index in [1.54, 1.807) is 0 Å². The maximum atomic E-state index is 12.7. The molecule has 0 saturated carbocycles. The second-order valence-electron chi connectivity index (χ2n) is 13.7. The number of carbonyl (C=O) groups is 1. The summed E-state index contributed by atoms with van der Waals surface area (Å²) in [7, 11) is 0. The molecule has 6 nitrogen and oxygen atoms in total. The quantitative estimate of drug-likeness (QED) is 0.232. The Morgan fingerprint density at radius 3 is 2.27 bits per heavy atom. The van der Waals surface area contributed by atoms with E-state index in [4.69, 9.17) is 4.98 Å². The number of para-hydroxylation sites is 2. The first-order valence-corrected chi connectivity index (χ1v) is 16.6. The van der Waals surface area contributed by atoms with Crippen molar-refractivity contribution in [2.75, 3.05) is 19.6 Å². The predicted octanol–water partition coefficient (Wildman–Crippen LogP) is 7.38. The van der Waals surface area contributed by atoms with Gasteiger partial charge in [-0.2, -0.15) is 0 Å². The molecule has 2 bridgehead atoms. The minimum absolute atomic E-state index is 0.0654. The Morgan fingerprint density at radius 2 is 1.57 bits per heavy atom. The number of hydrogen-bond donors (Lipinski definition) is 1. The van der Waals surface area contributed by atoms with Crippen molar-refractivity contribution in [3.05, 3.63) is 101 Å².